The third kappa shape index (κ3) is 4.55. The Morgan fingerprint density at radius 2 is 1.70 bits per heavy atom. The maximum atomic E-state index is 12.8. The smallest absolute Gasteiger partial charge is 0.243 e. The van der Waals surface area contributed by atoms with E-state index in [-0.39, 0.29) is 4.90 Å². The molecular formula is C19H24ClN2O4S+. The summed E-state index contributed by atoms with van der Waals surface area (Å²) < 4.78 is 37.9. The standard InChI is InChI=1S/C19H23ClN2O4S/c1-25-17-5-8-19(26-2)15(13-17)14-21-9-11-22(12-10-21)27(23,24)18-6-3-16(20)4-7-18/h3-8,13H,9-12,14H2,1-2H3/p+1. The fourth-order valence-corrected chi connectivity index (χ4v) is 4.83. The first-order valence-corrected chi connectivity index (χ1v) is 10.6. The van der Waals surface area contributed by atoms with Gasteiger partial charge in [0.25, 0.3) is 0 Å². The molecule has 6 nitrogen and oxygen atoms in total. The molecule has 0 spiro atoms. The molecule has 0 saturated carbocycles. The number of methoxy groups -OCH3 is 2. The molecule has 1 heterocycles. The lowest BCUT2D eigenvalue weighted by Gasteiger charge is -2.31. The Morgan fingerprint density at radius 1 is 1.04 bits per heavy atom. The van der Waals surface area contributed by atoms with Crippen molar-refractivity contribution in [3.63, 3.8) is 0 Å². The third-order valence-corrected chi connectivity index (χ3v) is 6.97. The summed E-state index contributed by atoms with van der Waals surface area (Å²) in [6, 6.07) is 12.1. The van der Waals surface area contributed by atoms with Crippen LogP contribution < -0.4 is 14.4 Å². The molecule has 3 rings (SSSR count). The van der Waals surface area contributed by atoms with E-state index < -0.39 is 10.0 Å². The van der Waals surface area contributed by atoms with Crippen molar-refractivity contribution in [1.29, 1.82) is 0 Å². The van der Waals surface area contributed by atoms with Crippen molar-refractivity contribution in [2.24, 2.45) is 0 Å². The van der Waals surface area contributed by atoms with Gasteiger partial charge < -0.3 is 14.4 Å². The molecule has 0 aromatic heterocycles. The summed E-state index contributed by atoms with van der Waals surface area (Å²) in [6.45, 7) is 3.18. The van der Waals surface area contributed by atoms with Crippen LogP contribution in [0.25, 0.3) is 0 Å². The minimum atomic E-state index is -3.48. The van der Waals surface area contributed by atoms with Crippen LogP contribution in [0.1, 0.15) is 5.56 Å². The monoisotopic (exact) mass is 411 g/mol. The molecule has 1 fully saturated rings. The van der Waals surface area contributed by atoms with Gasteiger partial charge in [0.15, 0.2) is 0 Å². The number of nitrogens with zero attached hydrogens (tertiary/aromatic N) is 1. The third-order valence-electron chi connectivity index (χ3n) is 4.81. The van der Waals surface area contributed by atoms with E-state index in [1.165, 1.54) is 4.90 Å². The van der Waals surface area contributed by atoms with Crippen LogP contribution in [-0.4, -0.2) is 53.1 Å². The summed E-state index contributed by atoms with van der Waals surface area (Å²) in [5.41, 5.74) is 1.06. The van der Waals surface area contributed by atoms with Gasteiger partial charge in [0.05, 0.1) is 50.9 Å². The van der Waals surface area contributed by atoms with Crippen molar-refractivity contribution in [1.82, 2.24) is 4.31 Å². The lowest BCUT2D eigenvalue weighted by atomic mass is 10.1. The highest BCUT2D eigenvalue weighted by atomic mass is 35.5. The van der Waals surface area contributed by atoms with Crippen LogP contribution >= 0.6 is 11.6 Å². The molecule has 0 amide bonds. The average molecular weight is 412 g/mol. The topological polar surface area (TPSA) is 60.3 Å². The molecule has 1 aliphatic heterocycles. The number of benzene rings is 2. The quantitative estimate of drug-likeness (QED) is 0.781. The first kappa shape index (κ1) is 19.9. The highest BCUT2D eigenvalue weighted by molar-refractivity contribution is 7.89. The number of hydrogen-bond acceptors (Lipinski definition) is 4. The molecule has 1 saturated heterocycles. The van der Waals surface area contributed by atoms with Crippen LogP contribution in [-0.2, 0) is 16.6 Å². The number of ether oxygens (including phenoxy) is 2. The van der Waals surface area contributed by atoms with Crippen molar-refractivity contribution in [2.75, 3.05) is 40.4 Å². The SMILES string of the molecule is COc1ccc(OC)c(C[NH+]2CCN(S(=O)(=O)c3ccc(Cl)cc3)CC2)c1. The number of sulfonamides is 1. The summed E-state index contributed by atoms with van der Waals surface area (Å²) in [4.78, 5) is 1.59. The number of quaternary nitrogens is 1. The molecule has 0 atom stereocenters. The zero-order valence-corrected chi connectivity index (χ0v) is 17.0. The molecule has 0 radical (unpaired) electrons. The number of piperazine rings is 1. The molecule has 0 unspecified atom stereocenters. The second kappa shape index (κ2) is 8.48. The van der Waals surface area contributed by atoms with Crippen LogP contribution in [0.5, 0.6) is 11.5 Å². The van der Waals surface area contributed by atoms with Gasteiger partial charge in [-0.2, -0.15) is 4.31 Å². The van der Waals surface area contributed by atoms with Gasteiger partial charge in [0.1, 0.15) is 18.0 Å². The van der Waals surface area contributed by atoms with Gasteiger partial charge >= 0.3 is 0 Å². The first-order chi connectivity index (χ1) is 12.9. The molecule has 0 bridgehead atoms. The van der Waals surface area contributed by atoms with Crippen molar-refractivity contribution >= 4 is 21.6 Å². The number of hydrogen-bond donors (Lipinski definition) is 1. The largest absolute Gasteiger partial charge is 0.497 e. The predicted octanol–water partition coefficient (Wildman–Crippen LogP) is 1.45. The molecule has 8 heteroatoms. The Bertz CT molecular complexity index is 879. The van der Waals surface area contributed by atoms with Crippen molar-refractivity contribution < 1.29 is 22.8 Å². The minimum Gasteiger partial charge on any atom is -0.497 e. The predicted molar refractivity (Wildman–Crippen MR) is 104 cm³/mol. The van der Waals surface area contributed by atoms with Gasteiger partial charge in [-0.3, -0.25) is 0 Å². The molecule has 146 valence electrons. The van der Waals surface area contributed by atoms with E-state index in [1.54, 1.807) is 42.8 Å². The van der Waals surface area contributed by atoms with E-state index in [0.29, 0.717) is 18.1 Å². The zero-order valence-electron chi connectivity index (χ0n) is 15.4. The van der Waals surface area contributed by atoms with E-state index in [0.717, 1.165) is 36.7 Å². The van der Waals surface area contributed by atoms with Crippen LogP contribution in [0.2, 0.25) is 5.02 Å². The summed E-state index contributed by atoms with van der Waals surface area (Å²) in [5.74, 6) is 1.61. The summed E-state index contributed by atoms with van der Waals surface area (Å²) >= 11 is 5.86. The zero-order chi connectivity index (χ0) is 19.4. The second-order valence-electron chi connectivity index (χ2n) is 6.46. The fraction of sp³-hybridized carbons (Fsp3) is 0.368. The minimum absolute atomic E-state index is 0.282. The Morgan fingerprint density at radius 3 is 2.30 bits per heavy atom. The van der Waals surface area contributed by atoms with Crippen molar-refractivity contribution in [3.8, 4) is 11.5 Å². The van der Waals surface area contributed by atoms with Gasteiger partial charge in [0, 0.05) is 5.02 Å². The molecular weight excluding hydrogens is 388 g/mol. The Labute approximate surface area is 165 Å². The maximum Gasteiger partial charge on any atom is 0.243 e. The average Bonchev–Trinajstić information content (AvgIpc) is 2.68. The van der Waals surface area contributed by atoms with Gasteiger partial charge in [-0.15, -0.1) is 0 Å². The van der Waals surface area contributed by atoms with E-state index >= 15 is 0 Å². The lowest BCUT2D eigenvalue weighted by Crippen LogP contribution is -3.13. The van der Waals surface area contributed by atoms with Crippen LogP contribution in [0.4, 0.5) is 0 Å². The number of rotatable bonds is 6. The van der Waals surface area contributed by atoms with E-state index in [4.69, 9.17) is 21.1 Å². The molecule has 1 N–H and O–H groups in total. The van der Waals surface area contributed by atoms with Gasteiger partial charge in [-0.05, 0) is 42.5 Å². The Kier molecular flexibility index (Phi) is 6.26. The number of halogens is 1. The molecule has 1 aliphatic rings. The van der Waals surface area contributed by atoms with Crippen molar-refractivity contribution in [3.05, 3.63) is 53.1 Å². The fourth-order valence-electron chi connectivity index (χ4n) is 3.26. The normalized spacial score (nSPS) is 16.3. The molecule has 2 aromatic carbocycles. The molecule has 0 aliphatic carbocycles. The number of nitrogens with one attached hydrogen (secondary N) is 1. The van der Waals surface area contributed by atoms with Gasteiger partial charge in [0.2, 0.25) is 10.0 Å². The van der Waals surface area contributed by atoms with E-state index in [1.807, 2.05) is 18.2 Å². The lowest BCUT2D eigenvalue weighted by molar-refractivity contribution is -0.917. The summed E-state index contributed by atoms with van der Waals surface area (Å²) in [5, 5.41) is 0.524. The summed E-state index contributed by atoms with van der Waals surface area (Å²) in [7, 11) is -0.194. The van der Waals surface area contributed by atoms with Crippen LogP contribution in [0, 0.1) is 0 Å². The summed E-state index contributed by atoms with van der Waals surface area (Å²) in [6.07, 6.45) is 0. The molecule has 27 heavy (non-hydrogen) atoms. The van der Waals surface area contributed by atoms with Crippen molar-refractivity contribution in [2.45, 2.75) is 11.4 Å². The maximum absolute atomic E-state index is 12.8. The van der Waals surface area contributed by atoms with Crippen LogP contribution in [0.3, 0.4) is 0 Å². The van der Waals surface area contributed by atoms with Gasteiger partial charge in [-0.25, -0.2) is 8.42 Å². The van der Waals surface area contributed by atoms with Gasteiger partial charge in [-0.1, -0.05) is 11.6 Å². The van der Waals surface area contributed by atoms with E-state index in [2.05, 4.69) is 0 Å². The highest BCUT2D eigenvalue weighted by Crippen LogP contribution is 2.23. The molecule has 2 aromatic rings. The second-order valence-corrected chi connectivity index (χ2v) is 8.84. The Hall–Kier alpha value is -1.80. The first-order valence-electron chi connectivity index (χ1n) is 8.74. The van der Waals surface area contributed by atoms with E-state index in [9.17, 15) is 8.42 Å². The van der Waals surface area contributed by atoms with Crippen LogP contribution in [0.15, 0.2) is 47.4 Å². The Balaban J connectivity index is 1.66. The highest BCUT2D eigenvalue weighted by Gasteiger charge is 2.30.